The summed E-state index contributed by atoms with van der Waals surface area (Å²) in [5.74, 6) is 0.790. The van der Waals surface area contributed by atoms with Crippen LogP contribution in [0.2, 0.25) is 0 Å². The molecule has 0 atom stereocenters. The van der Waals surface area contributed by atoms with Crippen molar-refractivity contribution in [2.45, 2.75) is 23.2 Å². The van der Waals surface area contributed by atoms with Gasteiger partial charge in [-0.2, -0.15) is 0 Å². The van der Waals surface area contributed by atoms with Crippen molar-refractivity contribution in [2.75, 3.05) is 0 Å². The minimum atomic E-state index is 0.790. The van der Waals surface area contributed by atoms with E-state index >= 15 is 0 Å². The molecule has 1 saturated carbocycles. The summed E-state index contributed by atoms with van der Waals surface area (Å²) in [6, 6.07) is 4.34. The Morgan fingerprint density at radius 3 is 3.00 bits per heavy atom. The van der Waals surface area contributed by atoms with Gasteiger partial charge in [-0.15, -0.1) is 0 Å². The maximum absolute atomic E-state index is 4.35. The van der Waals surface area contributed by atoms with Crippen molar-refractivity contribution in [3.05, 3.63) is 29.6 Å². The molecule has 0 radical (unpaired) electrons. The van der Waals surface area contributed by atoms with Crippen molar-refractivity contribution in [1.82, 2.24) is 4.98 Å². The molecule has 0 spiro atoms. The van der Waals surface area contributed by atoms with Crippen molar-refractivity contribution >= 4 is 22.6 Å². The second-order valence-electron chi connectivity index (χ2n) is 3.00. The summed E-state index contributed by atoms with van der Waals surface area (Å²) >= 11 is 2.39. The van der Waals surface area contributed by atoms with Crippen molar-refractivity contribution in [3.8, 4) is 0 Å². The van der Waals surface area contributed by atoms with E-state index in [1.165, 1.54) is 24.1 Å². The van der Waals surface area contributed by atoms with E-state index in [1.54, 1.807) is 0 Å². The highest BCUT2D eigenvalue weighted by Gasteiger charge is 2.24. The number of pyridine rings is 1. The minimum Gasteiger partial charge on any atom is -0.261 e. The van der Waals surface area contributed by atoms with Gasteiger partial charge in [-0.3, -0.25) is 4.98 Å². The molecule has 1 fully saturated rings. The van der Waals surface area contributed by atoms with Gasteiger partial charge in [0, 0.05) is 22.2 Å². The Morgan fingerprint density at radius 2 is 2.36 bits per heavy atom. The van der Waals surface area contributed by atoms with E-state index in [0.717, 1.165) is 10.3 Å². The van der Waals surface area contributed by atoms with Gasteiger partial charge in [-0.1, -0.05) is 22.6 Å². The Labute approximate surface area is 80.4 Å². The molecule has 1 nitrogen and oxygen atoms in total. The summed E-state index contributed by atoms with van der Waals surface area (Å²) in [6.07, 6.45) is 4.62. The molecule has 1 heterocycles. The van der Waals surface area contributed by atoms with Gasteiger partial charge in [0.05, 0.1) is 0 Å². The van der Waals surface area contributed by atoms with Crippen LogP contribution in [0.1, 0.15) is 30.0 Å². The van der Waals surface area contributed by atoms with Crippen LogP contribution in [0.5, 0.6) is 0 Å². The molecule has 2 heteroatoms. The summed E-state index contributed by atoms with van der Waals surface area (Å²) in [7, 11) is 0. The highest BCUT2D eigenvalue weighted by Crippen LogP contribution is 2.39. The molecule has 1 aromatic heterocycles. The zero-order valence-electron chi connectivity index (χ0n) is 6.26. The summed E-state index contributed by atoms with van der Waals surface area (Å²) in [5.41, 5.74) is 2.71. The number of aromatic nitrogens is 1. The first-order valence-electron chi connectivity index (χ1n) is 3.91. The van der Waals surface area contributed by atoms with E-state index in [1.807, 2.05) is 6.20 Å². The second-order valence-corrected chi connectivity index (χ2v) is 3.76. The van der Waals surface area contributed by atoms with Crippen LogP contribution in [0, 0.1) is 0 Å². The maximum atomic E-state index is 4.35. The Morgan fingerprint density at radius 1 is 1.55 bits per heavy atom. The van der Waals surface area contributed by atoms with Crippen LogP contribution in [-0.4, -0.2) is 4.98 Å². The van der Waals surface area contributed by atoms with E-state index < -0.39 is 0 Å². The molecule has 2 rings (SSSR count). The van der Waals surface area contributed by atoms with Crippen molar-refractivity contribution in [3.63, 3.8) is 0 Å². The fourth-order valence-electron chi connectivity index (χ4n) is 1.18. The first-order chi connectivity index (χ1) is 5.40. The molecule has 0 unspecified atom stereocenters. The molecule has 0 aromatic carbocycles. The zero-order valence-corrected chi connectivity index (χ0v) is 8.41. The van der Waals surface area contributed by atoms with Crippen molar-refractivity contribution < 1.29 is 0 Å². The SMILES string of the molecule is ICc1ccnc(C2CC2)c1. The Balaban J connectivity index is 2.26. The first kappa shape index (κ1) is 7.53. The third-order valence-electron chi connectivity index (χ3n) is 2.00. The molecule has 0 aliphatic heterocycles. The number of nitrogens with zero attached hydrogens (tertiary/aromatic N) is 1. The van der Waals surface area contributed by atoms with Crippen LogP contribution in [-0.2, 0) is 4.43 Å². The number of rotatable bonds is 2. The lowest BCUT2D eigenvalue weighted by Crippen LogP contribution is -1.87. The summed E-state index contributed by atoms with van der Waals surface area (Å²) in [6.45, 7) is 0. The van der Waals surface area contributed by atoms with Gasteiger partial charge in [0.15, 0.2) is 0 Å². The molecule has 1 aliphatic carbocycles. The lowest BCUT2D eigenvalue weighted by molar-refractivity contribution is 1.01. The van der Waals surface area contributed by atoms with Crippen LogP contribution in [0.4, 0.5) is 0 Å². The Hall–Kier alpha value is -0.120. The minimum absolute atomic E-state index is 0.790. The van der Waals surface area contributed by atoms with Crippen molar-refractivity contribution in [2.24, 2.45) is 0 Å². The fraction of sp³-hybridized carbons (Fsp3) is 0.444. The van der Waals surface area contributed by atoms with Gasteiger partial charge in [0.2, 0.25) is 0 Å². The summed E-state index contributed by atoms with van der Waals surface area (Å²) in [4.78, 5) is 4.35. The average molecular weight is 259 g/mol. The first-order valence-corrected chi connectivity index (χ1v) is 5.43. The van der Waals surface area contributed by atoms with Gasteiger partial charge in [0.25, 0.3) is 0 Å². The molecular weight excluding hydrogens is 249 g/mol. The van der Waals surface area contributed by atoms with E-state index in [9.17, 15) is 0 Å². The van der Waals surface area contributed by atoms with Crippen LogP contribution in [0.3, 0.4) is 0 Å². The lowest BCUT2D eigenvalue weighted by atomic mass is 10.2. The number of alkyl halides is 1. The fourth-order valence-corrected chi connectivity index (χ4v) is 1.65. The predicted molar refractivity (Wildman–Crippen MR) is 53.9 cm³/mol. The van der Waals surface area contributed by atoms with Gasteiger partial charge >= 0.3 is 0 Å². The number of hydrogen-bond donors (Lipinski definition) is 0. The third-order valence-corrected chi connectivity index (χ3v) is 2.88. The third kappa shape index (κ3) is 1.72. The topological polar surface area (TPSA) is 12.9 Å². The van der Waals surface area contributed by atoms with E-state index in [2.05, 4.69) is 39.7 Å². The molecule has 0 amide bonds. The number of halogens is 1. The average Bonchev–Trinajstić information content (AvgIpc) is 2.87. The summed E-state index contributed by atoms with van der Waals surface area (Å²) < 4.78 is 1.10. The maximum Gasteiger partial charge on any atom is 0.0437 e. The molecule has 0 bridgehead atoms. The van der Waals surface area contributed by atoms with Gasteiger partial charge in [0.1, 0.15) is 0 Å². The van der Waals surface area contributed by atoms with Crippen LogP contribution >= 0.6 is 22.6 Å². The predicted octanol–water partition coefficient (Wildman–Crippen LogP) is 2.89. The Bertz CT molecular complexity index is 255. The van der Waals surface area contributed by atoms with Gasteiger partial charge in [-0.05, 0) is 30.5 Å². The van der Waals surface area contributed by atoms with Crippen LogP contribution in [0.25, 0.3) is 0 Å². The van der Waals surface area contributed by atoms with Gasteiger partial charge < -0.3 is 0 Å². The number of hydrogen-bond acceptors (Lipinski definition) is 1. The Kier molecular flexibility index (Phi) is 2.11. The molecule has 0 N–H and O–H groups in total. The molecule has 11 heavy (non-hydrogen) atoms. The normalized spacial score (nSPS) is 16.8. The monoisotopic (exact) mass is 259 g/mol. The molecular formula is C9H10IN. The van der Waals surface area contributed by atoms with Crippen LogP contribution in [0.15, 0.2) is 18.3 Å². The van der Waals surface area contributed by atoms with E-state index in [-0.39, 0.29) is 0 Å². The smallest absolute Gasteiger partial charge is 0.0437 e. The highest BCUT2D eigenvalue weighted by atomic mass is 127. The summed E-state index contributed by atoms with van der Waals surface area (Å²) in [5, 5.41) is 0. The standard InChI is InChI=1S/C9H10IN/c10-6-7-3-4-11-9(5-7)8-1-2-8/h3-5,8H,1-2,6H2. The van der Waals surface area contributed by atoms with E-state index in [0.29, 0.717) is 0 Å². The van der Waals surface area contributed by atoms with Crippen molar-refractivity contribution in [1.29, 1.82) is 0 Å². The quantitative estimate of drug-likeness (QED) is 0.587. The molecule has 1 aliphatic rings. The zero-order chi connectivity index (χ0) is 7.68. The molecule has 0 saturated heterocycles. The lowest BCUT2D eigenvalue weighted by Gasteiger charge is -1.98. The second kappa shape index (κ2) is 3.09. The van der Waals surface area contributed by atoms with Gasteiger partial charge in [-0.25, -0.2) is 0 Å². The van der Waals surface area contributed by atoms with Crippen LogP contribution < -0.4 is 0 Å². The molecule has 1 aromatic rings. The largest absolute Gasteiger partial charge is 0.261 e. The highest BCUT2D eigenvalue weighted by molar-refractivity contribution is 14.1. The molecule has 58 valence electrons. The van der Waals surface area contributed by atoms with E-state index in [4.69, 9.17) is 0 Å².